The van der Waals surface area contributed by atoms with Gasteiger partial charge in [-0.25, -0.2) is 15.0 Å². The number of carbonyl (C=O) groups excluding carboxylic acids is 1. The minimum absolute atomic E-state index is 0.0194. The van der Waals surface area contributed by atoms with Gasteiger partial charge in [0.15, 0.2) is 5.82 Å². The number of likely N-dealkylation sites (tertiary alicyclic amines) is 1. The van der Waals surface area contributed by atoms with Crippen LogP contribution in [0.3, 0.4) is 0 Å². The molecule has 0 spiro atoms. The molecule has 148 valence electrons. The fraction of sp³-hybridized carbons (Fsp3) is 0.400. The van der Waals surface area contributed by atoms with Crippen LogP contribution >= 0.6 is 0 Å². The average molecular weight is 390 g/mol. The van der Waals surface area contributed by atoms with Crippen LogP contribution in [0, 0.1) is 25.7 Å². The molecule has 0 aliphatic carbocycles. The predicted molar refractivity (Wildman–Crippen MR) is 106 cm³/mol. The van der Waals surface area contributed by atoms with Gasteiger partial charge in [0.1, 0.15) is 0 Å². The number of nitrogens with zero attached hydrogens (tertiary/aromatic N) is 8. The van der Waals surface area contributed by atoms with Gasteiger partial charge in [0.05, 0.1) is 18.0 Å². The molecule has 2 fully saturated rings. The molecule has 2 aliphatic heterocycles. The smallest absolute Gasteiger partial charge is 0.257 e. The molecule has 2 aliphatic rings. The van der Waals surface area contributed by atoms with E-state index >= 15 is 0 Å². The van der Waals surface area contributed by atoms with Crippen LogP contribution in [0.15, 0.2) is 36.8 Å². The first kappa shape index (κ1) is 17.7. The van der Waals surface area contributed by atoms with Crippen LogP contribution in [0.5, 0.6) is 0 Å². The zero-order valence-electron chi connectivity index (χ0n) is 16.4. The number of aromatic nitrogens is 6. The van der Waals surface area contributed by atoms with Crippen LogP contribution in [-0.4, -0.2) is 66.9 Å². The highest BCUT2D eigenvalue weighted by molar-refractivity contribution is 5.97. The molecule has 9 heteroatoms. The van der Waals surface area contributed by atoms with E-state index in [1.807, 2.05) is 24.8 Å². The fourth-order valence-corrected chi connectivity index (χ4v) is 4.39. The van der Waals surface area contributed by atoms with Crippen LogP contribution in [0.4, 0.5) is 5.95 Å². The maximum absolute atomic E-state index is 13.2. The van der Waals surface area contributed by atoms with E-state index < -0.39 is 0 Å². The summed E-state index contributed by atoms with van der Waals surface area (Å²) in [6, 6.07) is 5.55. The van der Waals surface area contributed by atoms with Crippen molar-refractivity contribution in [2.24, 2.45) is 11.8 Å². The van der Waals surface area contributed by atoms with E-state index in [-0.39, 0.29) is 5.91 Å². The monoisotopic (exact) mass is 390 g/mol. The van der Waals surface area contributed by atoms with Crippen LogP contribution in [-0.2, 0) is 0 Å². The summed E-state index contributed by atoms with van der Waals surface area (Å²) in [5.74, 6) is 2.09. The van der Waals surface area contributed by atoms with Crippen molar-refractivity contribution in [2.45, 2.75) is 13.8 Å². The van der Waals surface area contributed by atoms with E-state index in [1.165, 1.54) is 4.80 Å². The van der Waals surface area contributed by atoms with Gasteiger partial charge in [-0.3, -0.25) is 4.79 Å². The van der Waals surface area contributed by atoms with Gasteiger partial charge < -0.3 is 9.80 Å². The molecule has 2 unspecified atom stereocenters. The summed E-state index contributed by atoms with van der Waals surface area (Å²) in [5, 5.41) is 8.25. The van der Waals surface area contributed by atoms with Gasteiger partial charge in [-0.15, -0.1) is 4.80 Å². The summed E-state index contributed by atoms with van der Waals surface area (Å²) in [6.07, 6.45) is 4.80. The Morgan fingerprint density at radius 3 is 2.28 bits per heavy atom. The number of fused-ring (bicyclic) bond motifs is 1. The highest BCUT2D eigenvalue weighted by atomic mass is 16.2. The predicted octanol–water partition coefficient (Wildman–Crippen LogP) is 1.28. The molecule has 5 rings (SSSR count). The number of carbonyl (C=O) groups is 1. The standard InChI is InChI=1S/C20H22N8O/c1-13-8-14(2)25-20(24-13)27-11-15-9-26(10-16(15)12-27)19(29)17-4-3-5-21-18(17)28-22-6-7-23-28/h3-8,15-16H,9-12H2,1-2H3. The first-order chi connectivity index (χ1) is 14.1. The van der Waals surface area contributed by atoms with Crippen molar-refractivity contribution < 1.29 is 4.79 Å². The lowest BCUT2D eigenvalue weighted by Crippen LogP contribution is -2.34. The number of hydrogen-bond acceptors (Lipinski definition) is 7. The van der Waals surface area contributed by atoms with Gasteiger partial charge in [-0.05, 0) is 32.0 Å². The van der Waals surface area contributed by atoms with E-state index in [0.717, 1.165) is 43.5 Å². The first-order valence-electron chi connectivity index (χ1n) is 9.76. The molecule has 3 aromatic rings. The molecule has 29 heavy (non-hydrogen) atoms. The molecule has 0 N–H and O–H groups in total. The van der Waals surface area contributed by atoms with E-state index in [4.69, 9.17) is 0 Å². The maximum Gasteiger partial charge on any atom is 0.257 e. The third-order valence-corrected chi connectivity index (χ3v) is 5.65. The SMILES string of the molecule is Cc1cc(C)nc(N2CC3CN(C(=O)c4cccnc4-n4nccn4)CC3C2)n1. The van der Waals surface area contributed by atoms with Crippen molar-refractivity contribution in [1.82, 2.24) is 34.8 Å². The Morgan fingerprint density at radius 2 is 1.62 bits per heavy atom. The van der Waals surface area contributed by atoms with Gasteiger partial charge in [0, 0.05) is 55.6 Å². The van der Waals surface area contributed by atoms with Crippen molar-refractivity contribution in [3.05, 3.63) is 53.7 Å². The lowest BCUT2D eigenvalue weighted by molar-refractivity contribution is 0.0781. The second-order valence-corrected chi connectivity index (χ2v) is 7.78. The fourth-order valence-electron chi connectivity index (χ4n) is 4.39. The number of amides is 1. The average Bonchev–Trinajstić information content (AvgIpc) is 3.43. The van der Waals surface area contributed by atoms with Gasteiger partial charge in [-0.1, -0.05) is 0 Å². The van der Waals surface area contributed by atoms with E-state index in [2.05, 4.69) is 30.0 Å². The molecular formula is C20H22N8O. The third-order valence-electron chi connectivity index (χ3n) is 5.65. The number of aryl methyl sites for hydroxylation is 2. The van der Waals surface area contributed by atoms with Crippen LogP contribution in [0.2, 0.25) is 0 Å². The second-order valence-electron chi connectivity index (χ2n) is 7.78. The van der Waals surface area contributed by atoms with Crippen molar-refractivity contribution in [3.8, 4) is 5.82 Å². The number of anilines is 1. The summed E-state index contributed by atoms with van der Waals surface area (Å²) >= 11 is 0. The molecule has 0 radical (unpaired) electrons. The van der Waals surface area contributed by atoms with Crippen molar-refractivity contribution in [1.29, 1.82) is 0 Å². The lowest BCUT2D eigenvalue weighted by Gasteiger charge is -2.22. The normalized spacial score (nSPS) is 20.9. The topological polar surface area (TPSA) is 92.9 Å². The largest absolute Gasteiger partial charge is 0.340 e. The molecule has 2 saturated heterocycles. The molecule has 1 amide bonds. The van der Waals surface area contributed by atoms with Gasteiger partial charge in [0.25, 0.3) is 5.91 Å². The lowest BCUT2D eigenvalue weighted by atomic mass is 10.0. The Labute approximate surface area is 168 Å². The summed E-state index contributed by atoms with van der Waals surface area (Å²) in [5.41, 5.74) is 2.49. The first-order valence-corrected chi connectivity index (χ1v) is 9.76. The molecule has 5 heterocycles. The van der Waals surface area contributed by atoms with Crippen molar-refractivity contribution in [3.63, 3.8) is 0 Å². The molecule has 3 aromatic heterocycles. The number of rotatable bonds is 3. The zero-order chi connectivity index (χ0) is 20.0. The van der Waals surface area contributed by atoms with Crippen molar-refractivity contribution >= 4 is 11.9 Å². The molecule has 9 nitrogen and oxygen atoms in total. The number of pyridine rings is 1. The molecule has 0 bridgehead atoms. The quantitative estimate of drug-likeness (QED) is 0.665. The van der Waals surface area contributed by atoms with Crippen LogP contribution < -0.4 is 4.90 Å². The Morgan fingerprint density at radius 1 is 0.966 bits per heavy atom. The van der Waals surface area contributed by atoms with Crippen LogP contribution in [0.1, 0.15) is 21.7 Å². The highest BCUT2D eigenvalue weighted by Gasteiger charge is 2.43. The maximum atomic E-state index is 13.2. The van der Waals surface area contributed by atoms with Gasteiger partial charge >= 0.3 is 0 Å². The Hall–Kier alpha value is -3.36. The molecule has 0 aromatic carbocycles. The van der Waals surface area contributed by atoms with Gasteiger partial charge in [0.2, 0.25) is 5.95 Å². The molecule has 2 atom stereocenters. The Balaban J connectivity index is 1.32. The minimum atomic E-state index is -0.0194. The third kappa shape index (κ3) is 3.22. The van der Waals surface area contributed by atoms with Crippen molar-refractivity contribution in [2.75, 3.05) is 31.1 Å². The van der Waals surface area contributed by atoms with Crippen LogP contribution in [0.25, 0.3) is 5.82 Å². The summed E-state index contributed by atoms with van der Waals surface area (Å²) in [6.45, 7) is 7.19. The highest BCUT2D eigenvalue weighted by Crippen LogP contribution is 2.33. The van der Waals surface area contributed by atoms with E-state index in [0.29, 0.717) is 23.2 Å². The summed E-state index contributed by atoms with van der Waals surface area (Å²) in [7, 11) is 0. The Kier molecular flexibility index (Phi) is 4.22. The number of hydrogen-bond donors (Lipinski definition) is 0. The summed E-state index contributed by atoms with van der Waals surface area (Å²) < 4.78 is 0. The zero-order valence-corrected chi connectivity index (χ0v) is 16.4. The second kappa shape index (κ2) is 6.91. The van der Waals surface area contributed by atoms with E-state index in [1.54, 1.807) is 30.7 Å². The summed E-state index contributed by atoms with van der Waals surface area (Å²) in [4.78, 5) is 32.3. The molecule has 0 saturated carbocycles. The Bertz CT molecular complexity index is 1020. The molecular weight excluding hydrogens is 368 g/mol. The van der Waals surface area contributed by atoms with E-state index in [9.17, 15) is 4.79 Å². The van der Waals surface area contributed by atoms with Gasteiger partial charge in [-0.2, -0.15) is 10.2 Å². The minimum Gasteiger partial charge on any atom is -0.340 e.